The second-order valence-corrected chi connectivity index (χ2v) is 6.99. The zero-order valence-electron chi connectivity index (χ0n) is 15.9. The van der Waals surface area contributed by atoms with Crippen molar-refractivity contribution >= 4 is 22.5 Å². The summed E-state index contributed by atoms with van der Waals surface area (Å²) in [5.74, 6) is 0. The Bertz CT molecular complexity index is 946. The molecule has 1 saturated heterocycles. The number of rotatable bonds is 5. The van der Waals surface area contributed by atoms with Gasteiger partial charge >= 0.3 is 6.03 Å². The number of hydrogen-bond donors (Lipinski definition) is 2. The molecule has 5 nitrogen and oxygen atoms in total. The third-order valence-corrected chi connectivity index (χ3v) is 5.09. The smallest absolute Gasteiger partial charge is 0.319 e. The number of ether oxygens (including phenoxy) is 1. The van der Waals surface area contributed by atoms with Gasteiger partial charge in [0.2, 0.25) is 0 Å². The lowest BCUT2D eigenvalue weighted by Crippen LogP contribution is -2.36. The highest BCUT2D eigenvalue weighted by Gasteiger charge is 2.13. The molecule has 28 heavy (non-hydrogen) atoms. The van der Waals surface area contributed by atoms with Crippen molar-refractivity contribution in [2.24, 2.45) is 0 Å². The molecule has 0 saturated carbocycles. The fraction of sp³-hybridized carbons (Fsp3) is 0.261. The van der Waals surface area contributed by atoms with Gasteiger partial charge in [-0.1, -0.05) is 60.7 Å². The number of amides is 2. The molecule has 2 amide bonds. The van der Waals surface area contributed by atoms with Gasteiger partial charge in [-0.15, -0.1) is 0 Å². The number of morpholine rings is 1. The molecular formula is C23H25N3O2. The summed E-state index contributed by atoms with van der Waals surface area (Å²) in [7, 11) is 0. The average molecular weight is 375 g/mol. The van der Waals surface area contributed by atoms with E-state index >= 15 is 0 Å². The van der Waals surface area contributed by atoms with Crippen LogP contribution in [0.25, 0.3) is 10.8 Å². The third-order valence-electron chi connectivity index (χ3n) is 5.09. The van der Waals surface area contributed by atoms with E-state index in [0.29, 0.717) is 6.54 Å². The number of nitrogens with one attached hydrogen (secondary N) is 2. The van der Waals surface area contributed by atoms with E-state index in [-0.39, 0.29) is 6.03 Å². The second kappa shape index (κ2) is 8.87. The van der Waals surface area contributed by atoms with Crippen molar-refractivity contribution in [3.8, 4) is 0 Å². The van der Waals surface area contributed by atoms with Gasteiger partial charge < -0.3 is 15.4 Å². The number of fused-ring (bicyclic) bond motifs is 1. The zero-order valence-corrected chi connectivity index (χ0v) is 15.9. The predicted octanol–water partition coefficient (Wildman–Crippen LogP) is 3.99. The predicted molar refractivity (Wildman–Crippen MR) is 112 cm³/mol. The molecule has 3 aromatic carbocycles. The van der Waals surface area contributed by atoms with Crippen molar-refractivity contribution in [1.29, 1.82) is 0 Å². The number of hydrogen-bond acceptors (Lipinski definition) is 3. The Kier molecular flexibility index (Phi) is 5.85. The first-order chi connectivity index (χ1) is 13.8. The molecule has 0 bridgehead atoms. The van der Waals surface area contributed by atoms with E-state index in [0.717, 1.165) is 54.9 Å². The largest absolute Gasteiger partial charge is 0.379 e. The van der Waals surface area contributed by atoms with Crippen LogP contribution in [0.5, 0.6) is 0 Å². The second-order valence-electron chi connectivity index (χ2n) is 6.99. The summed E-state index contributed by atoms with van der Waals surface area (Å²) in [5.41, 5.74) is 3.20. The molecular weight excluding hydrogens is 350 g/mol. The Morgan fingerprint density at radius 3 is 2.46 bits per heavy atom. The number of carbonyl (C=O) groups excluding carboxylic acids is 1. The SMILES string of the molecule is O=C(NCc1ccccc1CN1CCOCC1)Nc1cccc2ccccc12. The average Bonchev–Trinajstić information content (AvgIpc) is 2.74. The van der Waals surface area contributed by atoms with Gasteiger partial charge in [0.05, 0.1) is 18.9 Å². The Labute approximate surface area is 165 Å². The maximum atomic E-state index is 12.5. The van der Waals surface area contributed by atoms with Crippen LogP contribution in [-0.4, -0.2) is 37.2 Å². The van der Waals surface area contributed by atoms with Crippen LogP contribution in [0.1, 0.15) is 11.1 Å². The van der Waals surface area contributed by atoms with E-state index in [9.17, 15) is 4.79 Å². The van der Waals surface area contributed by atoms with Crippen LogP contribution >= 0.6 is 0 Å². The number of carbonyl (C=O) groups is 1. The number of benzene rings is 3. The maximum Gasteiger partial charge on any atom is 0.319 e. The number of nitrogens with zero attached hydrogens (tertiary/aromatic N) is 1. The molecule has 5 heteroatoms. The first-order valence-electron chi connectivity index (χ1n) is 9.69. The van der Waals surface area contributed by atoms with Gasteiger partial charge in [-0.3, -0.25) is 4.90 Å². The fourth-order valence-corrected chi connectivity index (χ4v) is 3.56. The summed E-state index contributed by atoms with van der Waals surface area (Å²) < 4.78 is 5.43. The highest BCUT2D eigenvalue weighted by atomic mass is 16.5. The molecule has 3 aromatic rings. The lowest BCUT2D eigenvalue weighted by molar-refractivity contribution is 0.0341. The molecule has 1 fully saturated rings. The standard InChI is InChI=1S/C23H25N3O2/c27-23(25-22-11-5-9-18-6-3-4-10-21(18)22)24-16-19-7-1-2-8-20(19)17-26-12-14-28-15-13-26/h1-11H,12-17H2,(H2,24,25,27). The minimum absolute atomic E-state index is 0.197. The zero-order chi connectivity index (χ0) is 19.2. The first-order valence-corrected chi connectivity index (χ1v) is 9.69. The molecule has 1 heterocycles. The van der Waals surface area contributed by atoms with Gasteiger partial charge in [0, 0.05) is 31.6 Å². The van der Waals surface area contributed by atoms with E-state index < -0.39 is 0 Å². The summed E-state index contributed by atoms with van der Waals surface area (Å²) in [6.07, 6.45) is 0. The highest BCUT2D eigenvalue weighted by Crippen LogP contribution is 2.22. The van der Waals surface area contributed by atoms with Crippen molar-refractivity contribution in [2.75, 3.05) is 31.6 Å². The summed E-state index contributed by atoms with van der Waals surface area (Å²) in [5, 5.41) is 8.12. The molecule has 0 radical (unpaired) electrons. The van der Waals surface area contributed by atoms with Crippen LogP contribution in [0.3, 0.4) is 0 Å². The van der Waals surface area contributed by atoms with Gasteiger partial charge in [-0.05, 0) is 22.6 Å². The lowest BCUT2D eigenvalue weighted by Gasteiger charge is -2.27. The molecule has 0 atom stereocenters. The Hall–Kier alpha value is -2.89. The van der Waals surface area contributed by atoms with Gasteiger partial charge in [-0.25, -0.2) is 4.79 Å². The maximum absolute atomic E-state index is 12.5. The molecule has 144 valence electrons. The molecule has 0 aromatic heterocycles. The highest BCUT2D eigenvalue weighted by molar-refractivity contribution is 6.01. The van der Waals surface area contributed by atoms with Crippen LogP contribution < -0.4 is 10.6 Å². The topological polar surface area (TPSA) is 53.6 Å². The third kappa shape index (κ3) is 4.50. The molecule has 0 spiro atoms. The molecule has 1 aliphatic rings. The number of urea groups is 1. The van der Waals surface area contributed by atoms with Crippen LogP contribution in [0, 0.1) is 0 Å². The molecule has 0 unspecified atom stereocenters. The van der Waals surface area contributed by atoms with Gasteiger partial charge in [0.15, 0.2) is 0 Å². The van der Waals surface area contributed by atoms with E-state index in [1.54, 1.807) is 0 Å². The summed E-state index contributed by atoms with van der Waals surface area (Å²) in [6.45, 7) is 4.84. The lowest BCUT2D eigenvalue weighted by atomic mass is 10.1. The Balaban J connectivity index is 1.39. The Morgan fingerprint density at radius 1 is 0.893 bits per heavy atom. The van der Waals surface area contributed by atoms with Gasteiger partial charge in [0.25, 0.3) is 0 Å². The van der Waals surface area contributed by atoms with Crippen LogP contribution in [0.4, 0.5) is 10.5 Å². The van der Waals surface area contributed by atoms with Crippen molar-refractivity contribution < 1.29 is 9.53 Å². The van der Waals surface area contributed by atoms with Gasteiger partial charge in [0.1, 0.15) is 0 Å². The van der Waals surface area contributed by atoms with Crippen molar-refractivity contribution in [2.45, 2.75) is 13.1 Å². The summed E-state index contributed by atoms with van der Waals surface area (Å²) in [6, 6.07) is 22.0. The van der Waals surface area contributed by atoms with Crippen molar-refractivity contribution in [3.05, 3.63) is 77.9 Å². The minimum atomic E-state index is -0.197. The van der Waals surface area contributed by atoms with E-state index in [1.165, 1.54) is 5.56 Å². The van der Waals surface area contributed by atoms with Crippen LogP contribution in [-0.2, 0) is 17.8 Å². The van der Waals surface area contributed by atoms with Gasteiger partial charge in [-0.2, -0.15) is 0 Å². The van der Waals surface area contributed by atoms with E-state index in [2.05, 4.69) is 33.7 Å². The summed E-state index contributed by atoms with van der Waals surface area (Å²) >= 11 is 0. The first kappa shape index (κ1) is 18.5. The van der Waals surface area contributed by atoms with E-state index in [1.807, 2.05) is 48.5 Å². The summed E-state index contributed by atoms with van der Waals surface area (Å²) in [4.78, 5) is 14.9. The van der Waals surface area contributed by atoms with E-state index in [4.69, 9.17) is 4.74 Å². The van der Waals surface area contributed by atoms with Crippen molar-refractivity contribution in [3.63, 3.8) is 0 Å². The fourth-order valence-electron chi connectivity index (χ4n) is 3.56. The molecule has 2 N–H and O–H groups in total. The quantitative estimate of drug-likeness (QED) is 0.709. The Morgan fingerprint density at radius 2 is 1.61 bits per heavy atom. The van der Waals surface area contributed by atoms with Crippen molar-refractivity contribution in [1.82, 2.24) is 10.2 Å². The van der Waals surface area contributed by atoms with Crippen LogP contribution in [0.15, 0.2) is 66.7 Å². The number of anilines is 1. The minimum Gasteiger partial charge on any atom is -0.379 e. The monoisotopic (exact) mass is 375 g/mol. The molecule has 4 rings (SSSR count). The molecule has 0 aliphatic carbocycles. The molecule has 1 aliphatic heterocycles. The normalized spacial score (nSPS) is 14.7. The van der Waals surface area contributed by atoms with Crippen LogP contribution in [0.2, 0.25) is 0 Å².